The summed E-state index contributed by atoms with van der Waals surface area (Å²) in [5.41, 5.74) is 1.50. The van der Waals surface area contributed by atoms with Gasteiger partial charge in [-0.2, -0.15) is 4.39 Å². The minimum absolute atomic E-state index is 0.253. The molecule has 1 heterocycles. The van der Waals surface area contributed by atoms with Gasteiger partial charge in [0, 0.05) is 17.8 Å². The average Bonchev–Trinajstić information content (AvgIpc) is 2.07. The van der Waals surface area contributed by atoms with Crippen LogP contribution >= 0.6 is 11.6 Å². The minimum Gasteiger partial charge on any atom is -0.228 e. The van der Waals surface area contributed by atoms with Crippen molar-refractivity contribution in [1.29, 1.82) is 0 Å². The highest BCUT2D eigenvalue weighted by atomic mass is 35.5. The van der Waals surface area contributed by atoms with E-state index in [1.165, 1.54) is 12.3 Å². The quantitative estimate of drug-likeness (QED) is 0.341. The molecule has 1 aromatic heterocycles. The van der Waals surface area contributed by atoms with Crippen molar-refractivity contribution in [3.05, 3.63) is 29.3 Å². The van der Waals surface area contributed by atoms with Crippen molar-refractivity contribution in [1.82, 2.24) is 4.98 Å². The Balaban J connectivity index is 3.05. The average molecular weight is 184 g/mol. The largest absolute Gasteiger partial charge is 0.228 e. The topological polar surface area (TPSA) is 12.9 Å². The third-order valence-corrected chi connectivity index (χ3v) is 1.49. The second-order valence-electron chi connectivity index (χ2n) is 2.26. The van der Waals surface area contributed by atoms with Crippen LogP contribution in [0.2, 0.25) is 0 Å². The first-order valence-corrected chi connectivity index (χ1v) is 3.94. The van der Waals surface area contributed by atoms with Crippen LogP contribution < -0.4 is 0 Å². The van der Waals surface area contributed by atoms with Gasteiger partial charge in [-0.1, -0.05) is 11.8 Å². The Bertz CT molecular complexity index is 338. The van der Waals surface area contributed by atoms with Crippen LogP contribution in [0.25, 0.3) is 0 Å². The van der Waals surface area contributed by atoms with Gasteiger partial charge >= 0.3 is 0 Å². The number of pyridine rings is 1. The van der Waals surface area contributed by atoms with Crippen molar-refractivity contribution in [2.75, 3.05) is 5.88 Å². The van der Waals surface area contributed by atoms with Crippen LogP contribution in [0.5, 0.6) is 0 Å². The number of rotatable bonds is 0. The summed E-state index contributed by atoms with van der Waals surface area (Å²) in [6.07, 6.45) is 1.45. The zero-order valence-corrected chi connectivity index (χ0v) is 7.32. The van der Waals surface area contributed by atoms with Gasteiger partial charge in [0.1, 0.15) is 0 Å². The van der Waals surface area contributed by atoms with E-state index in [1.807, 2.05) is 6.92 Å². The van der Waals surface area contributed by atoms with Crippen LogP contribution in [0.1, 0.15) is 11.1 Å². The monoisotopic (exact) mass is 183 g/mol. The smallest absolute Gasteiger partial charge is 0.214 e. The summed E-state index contributed by atoms with van der Waals surface area (Å²) in [4.78, 5) is 3.48. The Morgan fingerprint density at radius 1 is 1.67 bits per heavy atom. The second-order valence-corrected chi connectivity index (χ2v) is 2.52. The van der Waals surface area contributed by atoms with Gasteiger partial charge in [0.2, 0.25) is 5.95 Å². The minimum atomic E-state index is -0.514. The molecule has 0 fully saturated rings. The number of aromatic nitrogens is 1. The SMILES string of the molecule is Cc1cnc(F)cc1C#CCCl. The van der Waals surface area contributed by atoms with Gasteiger partial charge in [-0.05, 0) is 12.5 Å². The van der Waals surface area contributed by atoms with E-state index in [-0.39, 0.29) is 5.88 Å². The predicted octanol–water partition coefficient (Wildman–Crippen LogP) is 2.12. The number of hydrogen-bond acceptors (Lipinski definition) is 1. The fourth-order valence-corrected chi connectivity index (χ4v) is 0.828. The second kappa shape index (κ2) is 4.08. The van der Waals surface area contributed by atoms with Gasteiger partial charge in [0.25, 0.3) is 0 Å². The molecule has 0 aromatic carbocycles. The molecule has 0 aliphatic heterocycles. The highest BCUT2D eigenvalue weighted by Crippen LogP contribution is 2.05. The first-order chi connectivity index (χ1) is 5.74. The van der Waals surface area contributed by atoms with E-state index in [1.54, 1.807) is 0 Å². The summed E-state index contributed by atoms with van der Waals surface area (Å²) in [5.74, 6) is 5.13. The van der Waals surface area contributed by atoms with Crippen LogP contribution in [-0.2, 0) is 0 Å². The molecule has 0 unspecified atom stereocenters. The molecule has 0 aliphatic rings. The lowest BCUT2D eigenvalue weighted by atomic mass is 10.2. The molecular formula is C9H7ClFN. The number of nitrogens with zero attached hydrogens (tertiary/aromatic N) is 1. The molecular weight excluding hydrogens is 177 g/mol. The highest BCUT2D eigenvalue weighted by molar-refractivity contribution is 6.19. The zero-order chi connectivity index (χ0) is 8.97. The fourth-order valence-electron chi connectivity index (χ4n) is 0.762. The Labute approximate surface area is 75.6 Å². The normalized spacial score (nSPS) is 8.92. The molecule has 12 heavy (non-hydrogen) atoms. The van der Waals surface area contributed by atoms with Crippen molar-refractivity contribution < 1.29 is 4.39 Å². The summed E-state index contributed by atoms with van der Waals surface area (Å²) in [6, 6.07) is 1.30. The molecule has 0 spiro atoms. The maximum absolute atomic E-state index is 12.6. The molecule has 62 valence electrons. The molecule has 3 heteroatoms. The molecule has 0 radical (unpaired) electrons. The number of halogens is 2. The molecule has 1 aromatic rings. The lowest BCUT2D eigenvalue weighted by Gasteiger charge is -1.95. The van der Waals surface area contributed by atoms with E-state index in [0.29, 0.717) is 5.56 Å². The molecule has 0 saturated carbocycles. The summed E-state index contributed by atoms with van der Waals surface area (Å²) in [5, 5.41) is 0. The van der Waals surface area contributed by atoms with Crippen molar-refractivity contribution in [3.63, 3.8) is 0 Å². The van der Waals surface area contributed by atoms with Crippen LogP contribution in [-0.4, -0.2) is 10.9 Å². The third-order valence-electron chi connectivity index (χ3n) is 1.36. The maximum Gasteiger partial charge on any atom is 0.214 e. The number of hydrogen-bond donors (Lipinski definition) is 0. The summed E-state index contributed by atoms with van der Waals surface area (Å²) in [6.45, 7) is 1.82. The van der Waals surface area contributed by atoms with Crippen LogP contribution in [0.15, 0.2) is 12.3 Å². The molecule has 1 nitrogen and oxygen atoms in total. The van der Waals surface area contributed by atoms with Gasteiger partial charge in [-0.15, -0.1) is 11.6 Å². The van der Waals surface area contributed by atoms with Gasteiger partial charge in [-0.3, -0.25) is 0 Å². The Morgan fingerprint density at radius 3 is 3.08 bits per heavy atom. The summed E-state index contributed by atoms with van der Waals surface area (Å²) in [7, 11) is 0. The molecule has 0 N–H and O–H groups in total. The maximum atomic E-state index is 12.6. The Morgan fingerprint density at radius 2 is 2.42 bits per heavy atom. The van der Waals surface area contributed by atoms with E-state index in [0.717, 1.165) is 5.56 Å². The third kappa shape index (κ3) is 2.21. The van der Waals surface area contributed by atoms with Crippen LogP contribution in [0, 0.1) is 24.7 Å². The molecule has 0 atom stereocenters. The fraction of sp³-hybridized carbons (Fsp3) is 0.222. The van der Waals surface area contributed by atoms with E-state index in [2.05, 4.69) is 16.8 Å². The van der Waals surface area contributed by atoms with Gasteiger partial charge < -0.3 is 0 Å². The molecule has 0 bridgehead atoms. The first kappa shape index (κ1) is 9.02. The van der Waals surface area contributed by atoms with Gasteiger partial charge in [0.05, 0.1) is 5.88 Å². The predicted molar refractivity (Wildman–Crippen MR) is 46.5 cm³/mol. The van der Waals surface area contributed by atoms with Crippen molar-refractivity contribution in [2.45, 2.75) is 6.92 Å². The lowest BCUT2D eigenvalue weighted by Crippen LogP contribution is -1.88. The first-order valence-electron chi connectivity index (χ1n) is 3.41. The van der Waals surface area contributed by atoms with E-state index in [9.17, 15) is 4.39 Å². The summed E-state index contributed by atoms with van der Waals surface area (Å²) < 4.78 is 12.6. The highest BCUT2D eigenvalue weighted by Gasteiger charge is 1.96. The molecule has 1 rings (SSSR count). The van der Waals surface area contributed by atoms with E-state index < -0.39 is 5.95 Å². The Hall–Kier alpha value is -1.07. The molecule has 0 amide bonds. The lowest BCUT2D eigenvalue weighted by molar-refractivity contribution is 0.582. The van der Waals surface area contributed by atoms with Gasteiger partial charge in [0.15, 0.2) is 0 Å². The van der Waals surface area contributed by atoms with Crippen LogP contribution in [0.4, 0.5) is 4.39 Å². The summed E-state index contributed by atoms with van der Waals surface area (Å²) >= 11 is 5.36. The number of aryl methyl sites for hydroxylation is 1. The van der Waals surface area contributed by atoms with E-state index >= 15 is 0 Å². The van der Waals surface area contributed by atoms with Crippen molar-refractivity contribution >= 4 is 11.6 Å². The van der Waals surface area contributed by atoms with Crippen LogP contribution in [0.3, 0.4) is 0 Å². The Kier molecular flexibility index (Phi) is 3.07. The molecule has 0 saturated heterocycles. The van der Waals surface area contributed by atoms with Crippen molar-refractivity contribution in [2.24, 2.45) is 0 Å². The van der Waals surface area contributed by atoms with E-state index in [4.69, 9.17) is 11.6 Å². The standard InChI is InChI=1S/C9H7ClFN/c1-7-6-12-9(11)5-8(7)3-2-4-10/h5-6H,4H2,1H3. The number of alkyl halides is 1. The van der Waals surface area contributed by atoms with Crippen molar-refractivity contribution in [3.8, 4) is 11.8 Å². The molecule has 0 aliphatic carbocycles. The zero-order valence-electron chi connectivity index (χ0n) is 6.56. The van der Waals surface area contributed by atoms with Gasteiger partial charge in [-0.25, -0.2) is 4.98 Å².